The summed E-state index contributed by atoms with van der Waals surface area (Å²) in [7, 11) is 1.17. The molecule has 0 atom stereocenters. The first kappa shape index (κ1) is 8.83. The topological polar surface area (TPSA) is 22.1 Å². The molecule has 1 rings (SSSR count). The molecule has 5 heteroatoms. The second-order valence-corrected chi connectivity index (χ2v) is 2.00. The molecule has 0 aliphatic rings. The van der Waals surface area contributed by atoms with Crippen molar-refractivity contribution < 1.29 is 17.9 Å². The summed E-state index contributed by atoms with van der Waals surface area (Å²) < 4.78 is 40.7. The van der Waals surface area contributed by atoms with Crippen LogP contribution in [-0.2, 0) is 6.18 Å². The lowest BCUT2D eigenvalue weighted by atomic mass is 10.2. The lowest BCUT2D eigenvalue weighted by Crippen LogP contribution is -2.07. The van der Waals surface area contributed by atoms with Crippen molar-refractivity contribution in [2.24, 2.45) is 0 Å². The van der Waals surface area contributed by atoms with Crippen LogP contribution in [-0.4, -0.2) is 12.1 Å². The lowest BCUT2D eigenvalue weighted by molar-refractivity contribution is -0.139. The Hall–Kier alpha value is -1.26. The van der Waals surface area contributed by atoms with Gasteiger partial charge in [0.1, 0.15) is 17.5 Å². The minimum Gasteiger partial charge on any atom is -0.496 e. The quantitative estimate of drug-likeness (QED) is 0.652. The number of hydrogen-bond donors (Lipinski definition) is 0. The number of nitrogens with zero attached hydrogens (tertiary/aromatic N) is 1. The van der Waals surface area contributed by atoms with Crippen molar-refractivity contribution in [3.05, 3.63) is 24.0 Å². The Balaban J connectivity index is 3.14. The zero-order valence-electron chi connectivity index (χ0n) is 6.14. The van der Waals surface area contributed by atoms with E-state index in [1.807, 2.05) is 6.20 Å². The molecule has 0 unspecified atom stereocenters. The average Bonchev–Trinajstić information content (AvgIpc) is 2.03. The Morgan fingerprint density at radius 1 is 1.50 bits per heavy atom. The minimum absolute atomic E-state index is 0.266. The Morgan fingerprint density at radius 3 is 2.58 bits per heavy atom. The van der Waals surface area contributed by atoms with Gasteiger partial charge in [-0.2, -0.15) is 13.2 Å². The van der Waals surface area contributed by atoms with Crippen molar-refractivity contribution in [2.45, 2.75) is 6.18 Å². The fourth-order valence-electron chi connectivity index (χ4n) is 0.718. The van der Waals surface area contributed by atoms with Crippen LogP contribution in [0.3, 0.4) is 0 Å². The highest BCUT2D eigenvalue weighted by Gasteiger charge is 2.34. The summed E-state index contributed by atoms with van der Waals surface area (Å²) in [6.07, 6.45) is -1.44. The first-order chi connectivity index (χ1) is 5.55. The Labute approximate surface area is 67.0 Å². The van der Waals surface area contributed by atoms with E-state index in [-0.39, 0.29) is 5.75 Å². The van der Waals surface area contributed by atoms with Crippen LogP contribution in [0, 0.1) is 6.20 Å². The SMILES string of the molecule is COc1ccn[c]c1C(F)(F)F. The molecule has 65 valence electrons. The average molecular weight is 176 g/mol. The van der Waals surface area contributed by atoms with Crippen molar-refractivity contribution >= 4 is 0 Å². The molecule has 0 amide bonds. The van der Waals surface area contributed by atoms with E-state index in [2.05, 4.69) is 9.72 Å². The number of alkyl halides is 3. The standard InChI is InChI=1S/C7H5F3NO/c1-12-6-2-3-11-4-5(6)7(8,9)10/h2-3H,1H3. The minimum atomic E-state index is -4.46. The van der Waals surface area contributed by atoms with Crippen molar-refractivity contribution in [3.8, 4) is 5.75 Å². The van der Waals surface area contributed by atoms with E-state index in [0.717, 1.165) is 6.07 Å². The molecule has 0 saturated carbocycles. The van der Waals surface area contributed by atoms with Crippen LogP contribution in [0.25, 0.3) is 0 Å². The van der Waals surface area contributed by atoms with Crippen molar-refractivity contribution in [3.63, 3.8) is 0 Å². The van der Waals surface area contributed by atoms with Gasteiger partial charge in [-0.15, -0.1) is 0 Å². The third-order valence-electron chi connectivity index (χ3n) is 1.23. The van der Waals surface area contributed by atoms with Crippen LogP contribution in [0.4, 0.5) is 13.2 Å². The highest BCUT2D eigenvalue weighted by Crippen LogP contribution is 2.34. The number of hydrogen-bond acceptors (Lipinski definition) is 2. The summed E-state index contributed by atoms with van der Waals surface area (Å²) in [6, 6.07) is 1.14. The number of rotatable bonds is 1. The van der Waals surface area contributed by atoms with Crippen molar-refractivity contribution in [2.75, 3.05) is 7.11 Å². The first-order valence-electron chi connectivity index (χ1n) is 3.03. The predicted molar refractivity (Wildman–Crippen MR) is 34.6 cm³/mol. The molecule has 1 radical (unpaired) electrons. The summed E-state index contributed by atoms with van der Waals surface area (Å²) in [5.74, 6) is -0.266. The molecule has 0 aliphatic heterocycles. The van der Waals surface area contributed by atoms with Gasteiger partial charge in [0.2, 0.25) is 0 Å². The fourth-order valence-corrected chi connectivity index (χ4v) is 0.718. The normalized spacial score (nSPS) is 11.3. The summed E-state index contributed by atoms with van der Waals surface area (Å²) in [4.78, 5) is 3.23. The highest BCUT2D eigenvalue weighted by molar-refractivity contribution is 5.31. The molecule has 0 spiro atoms. The maximum absolute atomic E-state index is 12.1. The predicted octanol–water partition coefficient (Wildman–Crippen LogP) is 1.91. The summed E-state index contributed by atoms with van der Waals surface area (Å²) >= 11 is 0. The molecule has 0 aliphatic carbocycles. The maximum atomic E-state index is 12.1. The van der Waals surface area contributed by atoms with E-state index in [1.54, 1.807) is 0 Å². The molecule has 0 bridgehead atoms. The largest absolute Gasteiger partial charge is 0.496 e. The Kier molecular flexibility index (Phi) is 2.21. The van der Waals surface area contributed by atoms with Crippen LogP contribution in [0.2, 0.25) is 0 Å². The third kappa shape index (κ3) is 1.66. The molecule has 0 saturated heterocycles. The van der Waals surface area contributed by atoms with Crippen LogP contribution in [0.1, 0.15) is 5.56 Å². The van der Waals surface area contributed by atoms with Gasteiger partial charge in [0.05, 0.1) is 7.11 Å². The number of aromatic nitrogens is 1. The Morgan fingerprint density at radius 2 is 2.17 bits per heavy atom. The van der Waals surface area contributed by atoms with Gasteiger partial charge in [0, 0.05) is 6.20 Å². The smallest absolute Gasteiger partial charge is 0.422 e. The highest BCUT2D eigenvalue weighted by atomic mass is 19.4. The molecule has 1 heterocycles. The van der Waals surface area contributed by atoms with Crippen LogP contribution in [0.15, 0.2) is 12.3 Å². The van der Waals surface area contributed by atoms with E-state index in [0.29, 0.717) is 0 Å². The van der Waals surface area contributed by atoms with Gasteiger partial charge < -0.3 is 4.74 Å². The first-order valence-corrected chi connectivity index (χ1v) is 3.03. The number of pyridine rings is 1. The van der Waals surface area contributed by atoms with Gasteiger partial charge in [0.15, 0.2) is 0 Å². The van der Waals surface area contributed by atoms with Crippen LogP contribution in [0.5, 0.6) is 5.75 Å². The molecule has 12 heavy (non-hydrogen) atoms. The fraction of sp³-hybridized carbons (Fsp3) is 0.286. The van der Waals surface area contributed by atoms with Gasteiger partial charge in [-0.3, -0.25) is 4.98 Å². The molecule has 2 nitrogen and oxygen atoms in total. The van der Waals surface area contributed by atoms with E-state index >= 15 is 0 Å². The van der Waals surface area contributed by atoms with Gasteiger partial charge in [-0.1, -0.05) is 0 Å². The van der Waals surface area contributed by atoms with Gasteiger partial charge in [0.25, 0.3) is 0 Å². The molecular formula is C7H5F3NO. The second kappa shape index (κ2) is 3.00. The number of ether oxygens (including phenoxy) is 1. The second-order valence-electron chi connectivity index (χ2n) is 2.00. The molecule has 1 aromatic rings. The van der Waals surface area contributed by atoms with E-state index in [4.69, 9.17) is 0 Å². The molecule has 0 aromatic carbocycles. The maximum Gasteiger partial charge on any atom is 0.422 e. The van der Waals surface area contributed by atoms with Crippen molar-refractivity contribution in [1.29, 1.82) is 0 Å². The zero-order chi connectivity index (χ0) is 9.19. The number of halogens is 3. The molecule has 1 aromatic heterocycles. The van der Waals surface area contributed by atoms with Crippen LogP contribution >= 0.6 is 0 Å². The summed E-state index contributed by atoms with van der Waals surface area (Å²) in [5, 5.41) is 0. The third-order valence-corrected chi connectivity index (χ3v) is 1.23. The van der Waals surface area contributed by atoms with E-state index < -0.39 is 11.7 Å². The summed E-state index contributed by atoms with van der Waals surface area (Å²) in [6.45, 7) is 0. The van der Waals surface area contributed by atoms with E-state index in [9.17, 15) is 13.2 Å². The Bertz CT molecular complexity index is 272. The zero-order valence-corrected chi connectivity index (χ0v) is 6.14. The van der Waals surface area contributed by atoms with Crippen LogP contribution < -0.4 is 4.74 Å². The van der Waals surface area contributed by atoms with Gasteiger partial charge in [-0.05, 0) is 6.07 Å². The van der Waals surface area contributed by atoms with Crippen molar-refractivity contribution in [1.82, 2.24) is 4.98 Å². The van der Waals surface area contributed by atoms with E-state index in [1.165, 1.54) is 13.3 Å². The summed E-state index contributed by atoms with van der Waals surface area (Å²) in [5.41, 5.74) is -0.979. The van der Waals surface area contributed by atoms with Gasteiger partial charge in [-0.25, -0.2) is 0 Å². The number of methoxy groups -OCH3 is 1. The molecular weight excluding hydrogens is 171 g/mol. The molecule has 0 N–H and O–H groups in total. The lowest BCUT2D eigenvalue weighted by Gasteiger charge is -2.09. The molecule has 0 fully saturated rings. The monoisotopic (exact) mass is 176 g/mol. The van der Waals surface area contributed by atoms with Gasteiger partial charge >= 0.3 is 6.18 Å².